The van der Waals surface area contributed by atoms with Crippen LogP contribution in [0.3, 0.4) is 0 Å². The highest BCUT2D eigenvalue weighted by Crippen LogP contribution is 2.38. The molecule has 1 fully saturated rings. The lowest BCUT2D eigenvalue weighted by Crippen LogP contribution is -2.50. The predicted molar refractivity (Wildman–Crippen MR) is 117 cm³/mol. The van der Waals surface area contributed by atoms with Crippen molar-refractivity contribution in [3.05, 3.63) is 59.8 Å². The molecule has 0 radical (unpaired) electrons. The van der Waals surface area contributed by atoms with E-state index in [2.05, 4.69) is 33.6 Å². The van der Waals surface area contributed by atoms with Gasteiger partial charge in [0.25, 0.3) is 0 Å². The van der Waals surface area contributed by atoms with Crippen LogP contribution in [-0.2, 0) is 22.8 Å². The summed E-state index contributed by atoms with van der Waals surface area (Å²) in [7, 11) is -3.52. The summed E-state index contributed by atoms with van der Waals surface area (Å²) in [5.74, 6) is 0.726. The van der Waals surface area contributed by atoms with E-state index in [-0.39, 0.29) is 5.92 Å². The van der Waals surface area contributed by atoms with Crippen molar-refractivity contribution in [3.8, 4) is 10.6 Å². The van der Waals surface area contributed by atoms with Crippen molar-refractivity contribution >= 4 is 21.2 Å². The number of thiophene rings is 1. The number of nitrogens with one attached hydrogen (secondary N) is 1. The van der Waals surface area contributed by atoms with Crippen molar-refractivity contribution in [2.24, 2.45) is 5.92 Å². The first kappa shape index (κ1) is 19.9. The van der Waals surface area contributed by atoms with Gasteiger partial charge in [0.15, 0.2) is 5.76 Å². The van der Waals surface area contributed by atoms with Crippen LogP contribution in [0.5, 0.6) is 0 Å². The van der Waals surface area contributed by atoms with Crippen LogP contribution in [0.15, 0.2) is 57.4 Å². The molecule has 1 aromatic carbocycles. The Morgan fingerprint density at radius 2 is 1.90 bits per heavy atom. The fraction of sp³-hybridized carbons (Fsp3) is 0.409. The van der Waals surface area contributed by atoms with E-state index < -0.39 is 15.2 Å². The maximum absolute atomic E-state index is 13.9. The zero-order valence-corrected chi connectivity index (χ0v) is 18.3. The van der Waals surface area contributed by atoms with Crippen LogP contribution in [0.4, 0.5) is 0 Å². The Morgan fingerprint density at radius 3 is 2.67 bits per heavy atom. The average molecular weight is 444 g/mol. The van der Waals surface area contributed by atoms with E-state index in [0.29, 0.717) is 16.5 Å². The first-order valence-corrected chi connectivity index (χ1v) is 12.8. The maximum Gasteiger partial charge on any atom is 0.204 e. The quantitative estimate of drug-likeness (QED) is 0.650. The third-order valence-corrected chi connectivity index (χ3v) is 10.0. The fourth-order valence-corrected chi connectivity index (χ4v) is 8.25. The van der Waals surface area contributed by atoms with Crippen molar-refractivity contribution in [1.82, 2.24) is 15.4 Å². The Hall–Kier alpha value is -2.00. The van der Waals surface area contributed by atoms with Gasteiger partial charge in [-0.1, -0.05) is 29.4 Å². The van der Waals surface area contributed by atoms with Crippen molar-refractivity contribution < 1.29 is 12.9 Å². The molecule has 3 aromatic rings. The second-order valence-electron chi connectivity index (χ2n) is 8.01. The number of nitrogens with zero attached hydrogens (tertiary/aromatic N) is 2. The summed E-state index contributed by atoms with van der Waals surface area (Å²) < 4.78 is 33.5. The molecule has 1 saturated heterocycles. The van der Waals surface area contributed by atoms with Crippen molar-refractivity contribution in [2.75, 3.05) is 19.6 Å². The minimum Gasteiger partial charge on any atom is -0.355 e. The highest BCUT2D eigenvalue weighted by Gasteiger charge is 2.41. The summed E-state index contributed by atoms with van der Waals surface area (Å²) in [4.78, 5) is 2.99. The Kier molecular flexibility index (Phi) is 5.49. The summed E-state index contributed by atoms with van der Waals surface area (Å²) in [6.45, 7) is 3.19. The molecule has 2 aromatic heterocycles. The third kappa shape index (κ3) is 3.73. The molecule has 2 aliphatic rings. The van der Waals surface area contributed by atoms with Gasteiger partial charge >= 0.3 is 0 Å². The summed E-state index contributed by atoms with van der Waals surface area (Å²) in [6.07, 6.45) is 4.22. The molecule has 0 aliphatic carbocycles. The molecule has 2 aliphatic heterocycles. The number of aromatic nitrogens is 1. The second-order valence-corrected chi connectivity index (χ2v) is 11.4. The molecule has 6 nitrogen and oxygen atoms in total. The highest BCUT2D eigenvalue weighted by atomic mass is 32.2. The number of benzene rings is 1. The normalized spacial score (nSPS) is 19.5. The smallest absolute Gasteiger partial charge is 0.204 e. The molecule has 0 spiro atoms. The average Bonchev–Trinajstić information content (AvgIpc) is 3.47. The molecule has 0 amide bonds. The first-order valence-electron chi connectivity index (χ1n) is 10.4. The Bertz CT molecular complexity index is 1100. The van der Waals surface area contributed by atoms with Gasteiger partial charge in [0.05, 0.1) is 11.1 Å². The van der Waals surface area contributed by atoms with Crippen LogP contribution in [0.2, 0.25) is 0 Å². The molecule has 8 heteroatoms. The van der Waals surface area contributed by atoms with E-state index >= 15 is 0 Å². The SMILES string of the molecule is O=S(=O)(c1ccc(-c2ccno2)s1)C(C1CCNCC1)N1CCc2ccccc2C1. The molecule has 4 heterocycles. The molecule has 30 heavy (non-hydrogen) atoms. The minimum atomic E-state index is -3.52. The van der Waals surface area contributed by atoms with Gasteiger partial charge in [-0.15, -0.1) is 11.3 Å². The van der Waals surface area contributed by atoms with Gasteiger partial charge in [-0.2, -0.15) is 0 Å². The number of sulfone groups is 1. The lowest BCUT2D eigenvalue weighted by Gasteiger charge is -2.40. The van der Waals surface area contributed by atoms with Gasteiger partial charge < -0.3 is 9.84 Å². The van der Waals surface area contributed by atoms with E-state index in [1.54, 1.807) is 18.3 Å². The number of rotatable bonds is 5. The van der Waals surface area contributed by atoms with Crippen LogP contribution in [-0.4, -0.2) is 43.5 Å². The minimum absolute atomic E-state index is 0.123. The monoisotopic (exact) mass is 443 g/mol. The Balaban J connectivity index is 1.50. The zero-order valence-electron chi connectivity index (χ0n) is 16.7. The standard InChI is InChI=1S/C22H25N3O3S2/c26-30(27,21-6-5-20(29-21)19-9-13-24-28-19)22(17-7-11-23-12-8-17)25-14-10-16-3-1-2-4-18(16)15-25/h1-6,9,13,17,22-23H,7-8,10-12,14-15H2. The van der Waals surface area contributed by atoms with E-state index in [1.807, 2.05) is 12.1 Å². The van der Waals surface area contributed by atoms with E-state index in [9.17, 15) is 8.42 Å². The van der Waals surface area contributed by atoms with Crippen molar-refractivity contribution in [2.45, 2.75) is 35.4 Å². The molecule has 0 bridgehead atoms. The molecular weight excluding hydrogens is 418 g/mol. The Labute approximate surface area is 180 Å². The highest BCUT2D eigenvalue weighted by molar-refractivity contribution is 7.94. The molecule has 1 unspecified atom stereocenters. The van der Waals surface area contributed by atoms with Crippen LogP contribution >= 0.6 is 11.3 Å². The summed E-state index contributed by atoms with van der Waals surface area (Å²) in [5, 5.41) is 6.61. The van der Waals surface area contributed by atoms with E-state index in [1.165, 1.54) is 22.5 Å². The first-order chi connectivity index (χ1) is 14.6. The topological polar surface area (TPSA) is 75.4 Å². The lowest BCUT2D eigenvalue weighted by atomic mass is 9.94. The van der Waals surface area contributed by atoms with Gasteiger partial charge in [-0.25, -0.2) is 8.42 Å². The maximum atomic E-state index is 13.9. The third-order valence-electron chi connectivity index (χ3n) is 6.17. The Morgan fingerprint density at radius 1 is 1.10 bits per heavy atom. The number of hydrogen-bond donors (Lipinski definition) is 1. The molecular formula is C22H25N3O3S2. The lowest BCUT2D eigenvalue weighted by molar-refractivity contribution is 0.159. The van der Waals surface area contributed by atoms with Crippen LogP contribution in [0.25, 0.3) is 10.6 Å². The van der Waals surface area contributed by atoms with Crippen LogP contribution in [0.1, 0.15) is 24.0 Å². The summed E-state index contributed by atoms with van der Waals surface area (Å²) in [5.41, 5.74) is 2.57. The molecule has 0 saturated carbocycles. The van der Waals surface area contributed by atoms with Gasteiger partial charge in [0.2, 0.25) is 9.84 Å². The molecule has 158 valence electrons. The van der Waals surface area contributed by atoms with Gasteiger partial charge in [-0.3, -0.25) is 4.90 Å². The summed E-state index contributed by atoms with van der Waals surface area (Å²) in [6, 6.07) is 13.7. The van der Waals surface area contributed by atoms with Crippen molar-refractivity contribution in [1.29, 1.82) is 0 Å². The predicted octanol–water partition coefficient (Wildman–Crippen LogP) is 3.56. The van der Waals surface area contributed by atoms with Gasteiger partial charge in [0.1, 0.15) is 9.58 Å². The van der Waals surface area contributed by atoms with E-state index in [4.69, 9.17) is 4.52 Å². The largest absolute Gasteiger partial charge is 0.355 e. The van der Waals surface area contributed by atoms with E-state index in [0.717, 1.165) is 43.8 Å². The molecule has 1 atom stereocenters. The molecule has 1 N–H and O–H groups in total. The van der Waals surface area contributed by atoms with Crippen molar-refractivity contribution in [3.63, 3.8) is 0 Å². The zero-order chi connectivity index (χ0) is 20.6. The number of fused-ring (bicyclic) bond motifs is 1. The fourth-order valence-electron chi connectivity index (χ4n) is 4.68. The van der Waals surface area contributed by atoms with Crippen LogP contribution in [0, 0.1) is 5.92 Å². The van der Waals surface area contributed by atoms with Gasteiger partial charge in [0, 0.05) is 19.2 Å². The second kappa shape index (κ2) is 8.26. The summed E-state index contributed by atoms with van der Waals surface area (Å²) >= 11 is 1.28. The number of piperidine rings is 1. The van der Waals surface area contributed by atoms with Crippen LogP contribution < -0.4 is 5.32 Å². The number of hydrogen-bond acceptors (Lipinski definition) is 7. The molecule has 5 rings (SSSR count). The van der Waals surface area contributed by atoms with Gasteiger partial charge in [-0.05, 0) is 61.5 Å².